The molecule has 5 heteroatoms. The summed E-state index contributed by atoms with van der Waals surface area (Å²) < 4.78 is 4.80. The molecule has 0 bridgehead atoms. The first-order chi connectivity index (χ1) is 5.59. The Labute approximate surface area is 70.5 Å². The maximum absolute atomic E-state index is 11.1. The number of hydrogen-bond acceptors (Lipinski definition) is 4. The molecule has 2 N–H and O–H groups in total. The van der Waals surface area contributed by atoms with Crippen LogP contribution in [0.2, 0.25) is 0 Å². The quantitative estimate of drug-likeness (QED) is 0.519. The number of methoxy groups -OCH3 is 1. The van der Waals surface area contributed by atoms with Gasteiger partial charge in [0.1, 0.15) is 6.10 Å². The molecule has 1 amide bonds. The molecule has 1 fully saturated rings. The summed E-state index contributed by atoms with van der Waals surface area (Å²) in [4.78, 5) is 12.4. The Balaban J connectivity index is 2.69. The Morgan fingerprint density at radius 1 is 1.58 bits per heavy atom. The molecular formula is C7H13NO4. The minimum Gasteiger partial charge on any atom is -0.388 e. The number of aliphatic hydroxyl groups excluding tert-OH is 2. The van der Waals surface area contributed by atoms with Crippen molar-refractivity contribution in [2.45, 2.75) is 18.2 Å². The van der Waals surface area contributed by atoms with Crippen LogP contribution in [0, 0.1) is 0 Å². The summed E-state index contributed by atoms with van der Waals surface area (Å²) in [6.07, 6.45) is -2.34. The van der Waals surface area contributed by atoms with E-state index in [4.69, 9.17) is 9.84 Å². The monoisotopic (exact) mass is 175 g/mol. The predicted molar refractivity (Wildman–Crippen MR) is 40.4 cm³/mol. The van der Waals surface area contributed by atoms with Crippen LogP contribution in [0.15, 0.2) is 0 Å². The number of carbonyl (C=O) groups is 1. The molecule has 1 aliphatic heterocycles. The molecule has 0 aliphatic carbocycles. The van der Waals surface area contributed by atoms with Crippen LogP contribution in [0.5, 0.6) is 0 Å². The number of hydrogen-bond donors (Lipinski definition) is 2. The van der Waals surface area contributed by atoms with Crippen molar-refractivity contribution < 1.29 is 19.7 Å². The molecule has 0 radical (unpaired) electrons. The first-order valence-corrected chi connectivity index (χ1v) is 3.71. The lowest BCUT2D eigenvalue weighted by Gasteiger charge is -2.20. The molecular weight excluding hydrogens is 162 g/mol. The predicted octanol–water partition coefficient (Wildman–Crippen LogP) is -1.80. The zero-order chi connectivity index (χ0) is 9.30. The second-order valence-corrected chi connectivity index (χ2v) is 2.91. The highest BCUT2D eigenvalue weighted by molar-refractivity contribution is 5.84. The van der Waals surface area contributed by atoms with Crippen molar-refractivity contribution in [1.29, 1.82) is 0 Å². The average Bonchev–Trinajstić information content (AvgIpc) is 2.23. The van der Waals surface area contributed by atoms with E-state index >= 15 is 0 Å². The number of aliphatic hydroxyl groups is 2. The van der Waals surface area contributed by atoms with Crippen molar-refractivity contribution in [3.8, 4) is 0 Å². The first-order valence-electron chi connectivity index (χ1n) is 3.71. The number of likely N-dealkylation sites (tertiary alicyclic amines) is 1. The Hall–Kier alpha value is -0.650. The standard InChI is InChI=1S/C7H13NO4/c1-8-4(3-12-2)5(9)6(10)7(8)11/h4-6,9-10H,3H2,1-2H3. The lowest BCUT2D eigenvalue weighted by Crippen LogP contribution is -2.37. The van der Waals surface area contributed by atoms with E-state index in [0.29, 0.717) is 0 Å². The van der Waals surface area contributed by atoms with E-state index in [9.17, 15) is 9.90 Å². The van der Waals surface area contributed by atoms with Gasteiger partial charge in [0.05, 0.1) is 12.6 Å². The second kappa shape index (κ2) is 3.38. The second-order valence-electron chi connectivity index (χ2n) is 2.91. The summed E-state index contributed by atoms with van der Waals surface area (Å²) in [6.45, 7) is 0.237. The Bertz CT molecular complexity index is 184. The highest BCUT2D eigenvalue weighted by Gasteiger charge is 2.44. The largest absolute Gasteiger partial charge is 0.388 e. The zero-order valence-electron chi connectivity index (χ0n) is 7.10. The molecule has 70 valence electrons. The summed E-state index contributed by atoms with van der Waals surface area (Å²) in [5.74, 6) is -0.454. The fourth-order valence-corrected chi connectivity index (χ4v) is 1.34. The molecule has 1 aliphatic rings. The highest BCUT2D eigenvalue weighted by Crippen LogP contribution is 2.17. The molecule has 0 aromatic heterocycles. The van der Waals surface area contributed by atoms with Crippen LogP contribution in [0.4, 0.5) is 0 Å². The van der Waals surface area contributed by atoms with Crippen LogP contribution in [0.25, 0.3) is 0 Å². The van der Waals surface area contributed by atoms with E-state index in [1.165, 1.54) is 19.1 Å². The molecule has 1 saturated heterocycles. The van der Waals surface area contributed by atoms with Gasteiger partial charge in [-0.3, -0.25) is 4.79 Å². The van der Waals surface area contributed by atoms with Crippen molar-refractivity contribution in [2.24, 2.45) is 0 Å². The van der Waals surface area contributed by atoms with E-state index < -0.39 is 24.2 Å². The number of nitrogens with zero attached hydrogens (tertiary/aromatic N) is 1. The third kappa shape index (κ3) is 1.31. The normalized spacial score (nSPS) is 36.2. The molecule has 0 saturated carbocycles. The average molecular weight is 175 g/mol. The van der Waals surface area contributed by atoms with E-state index in [1.807, 2.05) is 0 Å². The van der Waals surface area contributed by atoms with Crippen LogP contribution in [-0.2, 0) is 9.53 Å². The summed E-state index contributed by atoms with van der Waals surface area (Å²) >= 11 is 0. The van der Waals surface area contributed by atoms with Gasteiger partial charge in [-0.15, -0.1) is 0 Å². The lowest BCUT2D eigenvalue weighted by molar-refractivity contribution is -0.135. The van der Waals surface area contributed by atoms with Gasteiger partial charge in [-0.1, -0.05) is 0 Å². The zero-order valence-corrected chi connectivity index (χ0v) is 7.10. The lowest BCUT2D eigenvalue weighted by atomic mass is 10.1. The van der Waals surface area contributed by atoms with Crippen LogP contribution in [-0.4, -0.2) is 60.0 Å². The van der Waals surface area contributed by atoms with Gasteiger partial charge in [0.15, 0.2) is 6.10 Å². The van der Waals surface area contributed by atoms with Gasteiger partial charge in [-0.25, -0.2) is 0 Å². The number of ether oxygens (including phenoxy) is 1. The van der Waals surface area contributed by atoms with Crippen LogP contribution in [0.3, 0.4) is 0 Å². The number of amides is 1. The van der Waals surface area contributed by atoms with Crippen LogP contribution < -0.4 is 0 Å². The maximum Gasteiger partial charge on any atom is 0.254 e. The summed E-state index contributed by atoms with van der Waals surface area (Å²) in [5.41, 5.74) is 0. The first kappa shape index (κ1) is 9.44. The van der Waals surface area contributed by atoms with E-state index in [2.05, 4.69) is 0 Å². The number of likely N-dealkylation sites (N-methyl/N-ethyl adjacent to an activating group) is 1. The van der Waals surface area contributed by atoms with Gasteiger partial charge >= 0.3 is 0 Å². The maximum atomic E-state index is 11.1. The highest BCUT2D eigenvalue weighted by atomic mass is 16.5. The van der Waals surface area contributed by atoms with Gasteiger partial charge in [0.25, 0.3) is 5.91 Å². The molecule has 0 spiro atoms. The van der Waals surface area contributed by atoms with E-state index in [1.54, 1.807) is 0 Å². The molecule has 12 heavy (non-hydrogen) atoms. The fourth-order valence-electron chi connectivity index (χ4n) is 1.34. The Morgan fingerprint density at radius 2 is 2.17 bits per heavy atom. The van der Waals surface area contributed by atoms with Gasteiger partial charge in [0.2, 0.25) is 0 Å². The van der Waals surface area contributed by atoms with Gasteiger partial charge in [-0.2, -0.15) is 0 Å². The van der Waals surface area contributed by atoms with Crippen molar-refractivity contribution in [3.63, 3.8) is 0 Å². The minimum absolute atomic E-state index is 0.237. The summed E-state index contributed by atoms with van der Waals surface area (Å²) in [5, 5.41) is 18.5. The van der Waals surface area contributed by atoms with E-state index in [0.717, 1.165) is 0 Å². The Kier molecular flexibility index (Phi) is 2.66. The molecule has 0 aromatic rings. The SMILES string of the molecule is COCC1C(O)C(O)C(=O)N1C. The molecule has 3 unspecified atom stereocenters. The molecule has 0 aromatic carbocycles. The smallest absolute Gasteiger partial charge is 0.254 e. The third-order valence-corrected chi connectivity index (χ3v) is 2.15. The third-order valence-electron chi connectivity index (χ3n) is 2.15. The van der Waals surface area contributed by atoms with Gasteiger partial charge in [0, 0.05) is 14.2 Å². The van der Waals surface area contributed by atoms with Crippen LogP contribution >= 0.6 is 0 Å². The van der Waals surface area contributed by atoms with Crippen molar-refractivity contribution >= 4 is 5.91 Å². The number of carbonyl (C=O) groups excluding carboxylic acids is 1. The van der Waals surface area contributed by atoms with Gasteiger partial charge in [-0.05, 0) is 0 Å². The molecule has 1 heterocycles. The molecule has 1 rings (SSSR count). The fraction of sp³-hybridized carbons (Fsp3) is 0.857. The van der Waals surface area contributed by atoms with Crippen molar-refractivity contribution in [1.82, 2.24) is 4.90 Å². The molecule has 5 nitrogen and oxygen atoms in total. The summed E-state index contributed by atoms with van der Waals surface area (Å²) in [6, 6.07) is -0.433. The van der Waals surface area contributed by atoms with E-state index in [-0.39, 0.29) is 6.61 Å². The molecule has 3 atom stereocenters. The summed E-state index contributed by atoms with van der Waals surface area (Å²) in [7, 11) is 3.02. The van der Waals surface area contributed by atoms with Crippen molar-refractivity contribution in [2.75, 3.05) is 20.8 Å². The topological polar surface area (TPSA) is 70.0 Å². The van der Waals surface area contributed by atoms with Crippen LogP contribution in [0.1, 0.15) is 0 Å². The van der Waals surface area contributed by atoms with Gasteiger partial charge < -0.3 is 19.8 Å². The Morgan fingerprint density at radius 3 is 2.50 bits per heavy atom. The minimum atomic E-state index is -1.30. The number of rotatable bonds is 2. The van der Waals surface area contributed by atoms with Crippen molar-refractivity contribution in [3.05, 3.63) is 0 Å².